The Morgan fingerprint density at radius 3 is 2.43 bits per heavy atom. The monoisotopic (exact) mass is 318 g/mol. The van der Waals surface area contributed by atoms with Crippen LogP contribution in [0.2, 0.25) is 0 Å². The average Bonchev–Trinajstić information content (AvgIpc) is 2.54. The van der Waals surface area contributed by atoms with Crippen LogP contribution >= 0.6 is 0 Å². The van der Waals surface area contributed by atoms with Gasteiger partial charge in [-0.3, -0.25) is 9.59 Å². The maximum atomic E-state index is 12.2. The smallest absolute Gasteiger partial charge is 0.222 e. The highest BCUT2D eigenvalue weighted by Gasteiger charge is 2.29. The highest BCUT2D eigenvalue weighted by Crippen LogP contribution is 2.27. The van der Waals surface area contributed by atoms with E-state index in [0.717, 1.165) is 37.7 Å². The van der Waals surface area contributed by atoms with Gasteiger partial charge in [0.05, 0.1) is 18.1 Å². The zero-order valence-corrected chi connectivity index (χ0v) is 13.7. The van der Waals surface area contributed by atoms with Gasteiger partial charge < -0.3 is 15.7 Å². The Morgan fingerprint density at radius 2 is 1.83 bits per heavy atom. The standard InChI is InChI=1S/C18H26N2O3/c1-14(21)20-16(15-8-4-2-5-9-15)12-17(22)19-13-18(23)10-6-3-7-11-18/h2,4-5,8-9,16,23H,3,6-7,10-13H2,1H3,(H,19,22)(H,20,21). The minimum absolute atomic E-state index is 0.161. The van der Waals surface area contributed by atoms with Gasteiger partial charge in [-0.25, -0.2) is 0 Å². The number of nitrogens with one attached hydrogen (secondary N) is 2. The second-order valence-corrected chi connectivity index (χ2v) is 6.43. The molecule has 1 unspecified atom stereocenters. The van der Waals surface area contributed by atoms with E-state index in [1.807, 2.05) is 30.3 Å². The van der Waals surface area contributed by atoms with Crippen LogP contribution in [-0.2, 0) is 9.59 Å². The van der Waals surface area contributed by atoms with E-state index in [2.05, 4.69) is 10.6 Å². The fraction of sp³-hybridized carbons (Fsp3) is 0.556. The van der Waals surface area contributed by atoms with Crippen LogP contribution in [0.25, 0.3) is 0 Å². The molecule has 1 aliphatic carbocycles. The molecule has 3 N–H and O–H groups in total. The third kappa shape index (κ3) is 5.67. The number of rotatable bonds is 6. The number of benzene rings is 1. The largest absolute Gasteiger partial charge is 0.388 e. The quantitative estimate of drug-likeness (QED) is 0.751. The van der Waals surface area contributed by atoms with Crippen LogP contribution in [0.1, 0.15) is 57.1 Å². The number of carbonyl (C=O) groups excluding carboxylic acids is 2. The predicted molar refractivity (Wildman–Crippen MR) is 88.7 cm³/mol. The Labute approximate surface area is 137 Å². The molecule has 0 spiro atoms. The van der Waals surface area contributed by atoms with Gasteiger partial charge in [0.25, 0.3) is 0 Å². The molecule has 0 radical (unpaired) electrons. The average molecular weight is 318 g/mol. The number of hydrogen-bond donors (Lipinski definition) is 3. The molecule has 2 amide bonds. The zero-order valence-electron chi connectivity index (χ0n) is 13.7. The van der Waals surface area contributed by atoms with E-state index >= 15 is 0 Å². The van der Waals surface area contributed by atoms with E-state index in [1.165, 1.54) is 6.92 Å². The van der Waals surface area contributed by atoms with Gasteiger partial charge in [-0.1, -0.05) is 49.6 Å². The third-order valence-corrected chi connectivity index (χ3v) is 4.37. The van der Waals surface area contributed by atoms with Crippen LogP contribution in [0.15, 0.2) is 30.3 Å². The van der Waals surface area contributed by atoms with Gasteiger partial charge in [0, 0.05) is 13.5 Å². The lowest BCUT2D eigenvalue weighted by atomic mass is 9.85. The van der Waals surface area contributed by atoms with Gasteiger partial charge in [0.2, 0.25) is 11.8 Å². The summed E-state index contributed by atoms with van der Waals surface area (Å²) in [4.78, 5) is 23.6. The van der Waals surface area contributed by atoms with Crippen molar-refractivity contribution in [2.45, 2.75) is 57.1 Å². The number of aliphatic hydroxyl groups is 1. The van der Waals surface area contributed by atoms with Gasteiger partial charge in [0.1, 0.15) is 0 Å². The minimum Gasteiger partial charge on any atom is -0.388 e. The number of hydrogen-bond acceptors (Lipinski definition) is 3. The summed E-state index contributed by atoms with van der Waals surface area (Å²) in [5, 5.41) is 16.1. The summed E-state index contributed by atoms with van der Waals surface area (Å²) in [7, 11) is 0. The van der Waals surface area contributed by atoms with Crippen molar-refractivity contribution in [1.82, 2.24) is 10.6 Å². The highest BCUT2D eigenvalue weighted by molar-refractivity contribution is 5.79. The first-order valence-electron chi connectivity index (χ1n) is 8.30. The minimum atomic E-state index is -0.774. The molecule has 5 heteroatoms. The summed E-state index contributed by atoms with van der Waals surface area (Å²) >= 11 is 0. The molecule has 1 saturated carbocycles. The van der Waals surface area contributed by atoms with Gasteiger partial charge in [0.15, 0.2) is 0 Å². The lowest BCUT2D eigenvalue weighted by Crippen LogP contribution is -2.45. The molecular weight excluding hydrogens is 292 g/mol. The van der Waals surface area contributed by atoms with Gasteiger partial charge >= 0.3 is 0 Å². The molecule has 5 nitrogen and oxygen atoms in total. The Hall–Kier alpha value is -1.88. The molecule has 0 aliphatic heterocycles. The van der Waals surface area contributed by atoms with Crippen molar-refractivity contribution in [3.63, 3.8) is 0 Å². The first kappa shape index (κ1) is 17.5. The normalized spacial score (nSPS) is 18.0. The molecule has 1 aromatic rings. The Balaban J connectivity index is 1.91. The van der Waals surface area contributed by atoms with Crippen LogP contribution in [0, 0.1) is 0 Å². The second kappa shape index (κ2) is 8.11. The third-order valence-electron chi connectivity index (χ3n) is 4.37. The Bertz CT molecular complexity index is 524. The Kier molecular flexibility index (Phi) is 6.16. The first-order valence-corrected chi connectivity index (χ1v) is 8.30. The highest BCUT2D eigenvalue weighted by atomic mass is 16.3. The maximum Gasteiger partial charge on any atom is 0.222 e. The predicted octanol–water partition coefficient (Wildman–Crippen LogP) is 2.07. The van der Waals surface area contributed by atoms with Crippen LogP contribution in [0.3, 0.4) is 0 Å². The second-order valence-electron chi connectivity index (χ2n) is 6.43. The molecule has 0 bridgehead atoms. The van der Waals surface area contributed by atoms with Gasteiger partial charge in [-0.05, 0) is 18.4 Å². The van der Waals surface area contributed by atoms with E-state index < -0.39 is 5.60 Å². The summed E-state index contributed by atoms with van der Waals surface area (Å²) in [6.07, 6.45) is 4.80. The summed E-state index contributed by atoms with van der Waals surface area (Å²) in [5.41, 5.74) is 0.124. The van der Waals surface area contributed by atoms with E-state index in [9.17, 15) is 14.7 Å². The number of amides is 2. The SMILES string of the molecule is CC(=O)NC(CC(=O)NCC1(O)CCCCC1)c1ccccc1. The molecule has 2 rings (SSSR count). The van der Waals surface area contributed by atoms with E-state index in [4.69, 9.17) is 0 Å². The fourth-order valence-electron chi connectivity index (χ4n) is 3.09. The summed E-state index contributed by atoms with van der Waals surface area (Å²) in [5.74, 6) is -0.329. The number of carbonyl (C=O) groups is 2. The lowest BCUT2D eigenvalue weighted by Gasteiger charge is -2.32. The zero-order chi connectivity index (χ0) is 16.7. The Morgan fingerprint density at radius 1 is 1.17 bits per heavy atom. The maximum absolute atomic E-state index is 12.2. The lowest BCUT2D eigenvalue weighted by molar-refractivity contribution is -0.124. The molecule has 23 heavy (non-hydrogen) atoms. The molecule has 0 aromatic heterocycles. The van der Waals surface area contributed by atoms with Crippen LogP contribution < -0.4 is 10.6 Å². The van der Waals surface area contributed by atoms with Crippen LogP contribution in [-0.4, -0.2) is 29.1 Å². The van der Waals surface area contributed by atoms with Crippen molar-refractivity contribution < 1.29 is 14.7 Å². The fourth-order valence-corrected chi connectivity index (χ4v) is 3.09. The van der Waals surface area contributed by atoms with Crippen LogP contribution in [0.4, 0.5) is 0 Å². The van der Waals surface area contributed by atoms with Crippen molar-refractivity contribution in [2.24, 2.45) is 0 Å². The summed E-state index contributed by atoms with van der Waals surface area (Å²) < 4.78 is 0. The van der Waals surface area contributed by atoms with Gasteiger partial charge in [-0.2, -0.15) is 0 Å². The summed E-state index contributed by atoms with van der Waals surface area (Å²) in [6.45, 7) is 1.73. The van der Waals surface area contributed by atoms with Crippen LogP contribution in [0.5, 0.6) is 0 Å². The van der Waals surface area contributed by atoms with Crippen molar-refractivity contribution in [3.05, 3.63) is 35.9 Å². The molecule has 1 fully saturated rings. The summed E-state index contributed by atoms with van der Waals surface area (Å²) in [6, 6.07) is 9.09. The van der Waals surface area contributed by atoms with Crippen molar-refractivity contribution >= 4 is 11.8 Å². The van der Waals surface area contributed by atoms with Crippen molar-refractivity contribution in [3.8, 4) is 0 Å². The molecule has 1 atom stereocenters. The van der Waals surface area contributed by atoms with Crippen molar-refractivity contribution in [1.29, 1.82) is 0 Å². The van der Waals surface area contributed by atoms with E-state index in [-0.39, 0.29) is 30.8 Å². The van der Waals surface area contributed by atoms with Crippen molar-refractivity contribution in [2.75, 3.05) is 6.54 Å². The first-order chi connectivity index (χ1) is 11.0. The molecule has 1 aliphatic rings. The van der Waals surface area contributed by atoms with E-state index in [1.54, 1.807) is 0 Å². The molecule has 0 saturated heterocycles. The molecule has 126 valence electrons. The van der Waals surface area contributed by atoms with E-state index in [0.29, 0.717) is 0 Å². The molecule has 0 heterocycles. The molecule has 1 aromatic carbocycles. The molecular formula is C18H26N2O3. The topological polar surface area (TPSA) is 78.4 Å². The van der Waals surface area contributed by atoms with Gasteiger partial charge in [-0.15, -0.1) is 0 Å².